The van der Waals surface area contributed by atoms with E-state index in [2.05, 4.69) is 14.9 Å². The minimum atomic E-state index is -3.69. The molecule has 1 fully saturated rings. The lowest BCUT2D eigenvalue weighted by molar-refractivity contribution is 0.372. The van der Waals surface area contributed by atoms with E-state index < -0.39 is 15.8 Å². The Hall–Kier alpha value is -2.46. The third kappa shape index (κ3) is 3.54. The van der Waals surface area contributed by atoms with Crippen LogP contribution in [0, 0.1) is 0 Å². The molecule has 0 bridgehead atoms. The van der Waals surface area contributed by atoms with Gasteiger partial charge in [0.25, 0.3) is 0 Å². The van der Waals surface area contributed by atoms with Gasteiger partial charge < -0.3 is 8.94 Å². The number of nitrogens with zero attached hydrogens (tertiary/aromatic N) is 3. The number of rotatable bonds is 7. The molecule has 0 unspecified atom stereocenters. The average molecular weight is 392 g/mol. The van der Waals surface area contributed by atoms with Gasteiger partial charge in [0.05, 0.1) is 17.0 Å². The highest BCUT2D eigenvalue weighted by Gasteiger charge is 2.29. The van der Waals surface area contributed by atoms with E-state index >= 15 is 0 Å². The van der Waals surface area contributed by atoms with Crippen molar-refractivity contribution in [3.05, 3.63) is 40.5 Å². The first-order valence-corrected chi connectivity index (χ1v) is 10.3. The van der Waals surface area contributed by atoms with Gasteiger partial charge in [0.15, 0.2) is 11.4 Å². The number of sulfonamides is 1. The molecule has 0 spiro atoms. The Kier molecular flexibility index (Phi) is 4.39. The van der Waals surface area contributed by atoms with Crippen LogP contribution in [0.3, 0.4) is 0 Å². The van der Waals surface area contributed by atoms with E-state index in [1.807, 2.05) is 6.92 Å². The van der Waals surface area contributed by atoms with E-state index in [1.165, 1.54) is 16.7 Å². The van der Waals surface area contributed by atoms with Crippen LogP contribution in [0.15, 0.2) is 36.8 Å². The van der Waals surface area contributed by atoms with Gasteiger partial charge in [-0.1, -0.05) is 12.1 Å². The summed E-state index contributed by atoms with van der Waals surface area (Å²) in [6.07, 6.45) is 2.75. The summed E-state index contributed by atoms with van der Waals surface area (Å²) in [7, 11) is -3.69. The quantitative estimate of drug-likeness (QED) is 0.652. The lowest BCUT2D eigenvalue weighted by atomic mass is 10.3. The number of aromatic nitrogens is 3. The zero-order chi connectivity index (χ0) is 19.2. The topological polar surface area (TPSA) is 120 Å². The van der Waals surface area contributed by atoms with Crippen LogP contribution in [-0.2, 0) is 16.6 Å². The molecule has 1 aromatic carbocycles. The van der Waals surface area contributed by atoms with Crippen molar-refractivity contribution in [2.45, 2.75) is 56.5 Å². The minimum absolute atomic E-state index is 0.0479. The van der Waals surface area contributed by atoms with Crippen molar-refractivity contribution >= 4 is 21.1 Å². The highest BCUT2D eigenvalue weighted by atomic mass is 32.2. The van der Waals surface area contributed by atoms with Gasteiger partial charge >= 0.3 is 5.76 Å². The predicted molar refractivity (Wildman–Crippen MR) is 95.9 cm³/mol. The maximum Gasteiger partial charge on any atom is 0.420 e. The second-order valence-electron chi connectivity index (χ2n) is 6.84. The van der Waals surface area contributed by atoms with E-state index in [0.717, 1.165) is 12.8 Å². The second-order valence-corrected chi connectivity index (χ2v) is 8.55. The van der Waals surface area contributed by atoms with Crippen molar-refractivity contribution in [2.75, 3.05) is 0 Å². The number of hydrogen-bond acceptors (Lipinski definition) is 7. The molecule has 1 N–H and O–H groups in total. The van der Waals surface area contributed by atoms with Crippen molar-refractivity contribution in [3.63, 3.8) is 0 Å². The molecule has 1 aliphatic rings. The fourth-order valence-corrected chi connectivity index (χ4v) is 4.09. The Morgan fingerprint density at radius 1 is 1.37 bits per heavy atom. The summed E-state index contributed by atoms with van der Waals surface area (Å²) in [6.45, 7) is 3.77. The van der Waals surface area contributed by atoms with Gasteiger partial charge in [0.2, 0.25) is 15.9 Å². The van der Waals surface area contributed by atoms with Crippen LogP contribution < -0.4 is 10.5 Å². The third-order valence-electron chi connectivity index (χ3n) is 4.63. The molecule has 0 aliphatic heterocycles. The van der Waals surface area contributed by atoms with Gasteiger partial charge in [-0.05, 0) is 38.3 Å². The molecule has 10 heteroatoms. The van der Waals surface area contributed by atoms with Crippen molar-refractivity contribution in [3.8, 4) is 0 Å². The highest BCUT2D eigenvalue weighted by Crippen LogP contribution is 2.38. The molecule has 1 aliphatic carbocycles. The molecule has 0 radical (unpaired) electrons. The summed E-state index contributed by atoms with van der Waals surface area (Å²) in [5, 5.41) is 3.91. The second kappa shape index (κ2) is 6.61. The summed E-state index contributed by atoms with van der Waals surface area (Å²) in [5.41, 5.74) is 0.665. The molecule has 2 aromatic heterocycles. The normalized spacial score (nSPS) is 16.1. The van der Waals surface area contributed by atoms with Crippen LogP contribution in [0.25, 0.3) is 11.1 Å². The molecule has 0 saturated heterocycles. The van der Waals surface area contributed by atoms with E-state index in [-0.39, 0.29) is 23.1 Å². The Balaban J connectivity index is 1.65. The van der Waals surface area contributed by atoms with E-state index in [9.17, 15) is 13.2 Å². The summed E-state index contributed by atoms with van der Waals surface area (Å²) >= 11 is 0. The number of fused-ring (bicyclic) bond motifs is 1. The van der Waals surface area contributed by atoms with E-state index in [4.69, 9.17) is 8.94 Å². The van der Waals surface area contributed by atoms with Gasteiger partial charge in [-0.25, -0.2) is 17.9 Å². The fourth-order valence-electron chi connectivity index (χ4n) is 2.75. The number of benzene rings is 1. The lowest BCUT2D eigenvalue weighted by Crippen LogP contribution is -2.31. The molecule has 3 aromatic rings. The summed E-state index contributed by atoms with van der Waals surface area (Å²) in [4.78, 5) is 16.6. The third-order valence-corrected chi connectivity index (χ3v) is 6.22. The zero-order valence-electron chi connectivity index (χ0n) is 15.0. The SMILES string of the molecule is CC[C@@H](C)NS(=O)(=O)c1ccc2c(c1)oc(=O)n2Cc1noc(C2CC2)n1. The molecular weight excluding hydrogens is 372 g/mol. The van der Waals surface area contributed by atoms with E-state index in [1.54, 1.807) is 13.0 Å². The molecule has 1 atom stereocenters. The van der Waals surface area contributed by atoms with Gasteiger partial charge in [-0.3, -0.25) is 4.57 Å². The summed E-state index contributed by atoms with van der Waals surface area (Å²) in [6, 6.07) is 4.16. The van der Waals surface area contributed by atoms with Gasteiger partial charge in [-0.15, -0.1) is 0 Å². The number of nitrogens with one attached hydrogen (secondary N) is 1. The predicted octanol–water partition coefficient (Wildman–Crippen LogP) is 1.98. The molecule has 1 saturated carbocycles. The van der Waals surface area contributed by atoms with Gasteiger partial charge in [0, 0.05) is 18.0 Å². The molecule has 144 valence electrons. The largest absolute Gasteiger partial charge is 0.420 e. The van der Waals surface area contributed by atoms with Crippen LogP contribution >= 0.6 is 0 Å². The number of oxazole rings is 1. The summed E-state index contributed by atoms with van der Waals surface area (Å²) < 4.78 is 39.2. The Morgan fingerprint density at radius 2 is 2.15 bits per heavy atom. The van der Waals surface area contributed by atoms with Crippen molar-refractivity contribution in [2.24, 2.45) is 0 Å². The minimum Gasteiger partial charge on any atom is -0.408 e. The van der Waals surface area contributed by atoms with Crippen molar-refractivity contribution < 1.29 is 17.4 Å². The Bertz CT molecular complexity index is 1140. The van der Waals surface area contributed by atoms with Crippen molar-refractivity contribution in [1.29, 1.82) is 0 Å². The monoisotopic (exact) mass is 392 g/mol. The average Bonchev–Trinajstić information content (AvgIpc) is 3.30. The first-order valence-electron chi connectivity index (χ1n) is 8.85. The summed E-state index contributed by atoms with van der Waals surface area (Å²) in [5.74, 6) is 0.703. The fraction of sp³-hybridized carbons (Fsp3) is 0.471. The number of hydrogen-bond donors (Lipinski definition) is 1. The smallest absolute Gasteiger partial charge is 0.408 e. The van der Waals surface area contributed by atoms with Gasteiger partial charge in [-0.2, -0.15) is 4.98 Å². The molecule has 27 heavy (non-hydrogen) atoms. The Morgan fingerprint density at radius 3 is 2.85 bits per heavy atom. The van der Waals surface area contributed by atoms with Crippen molar-refractivity contribution in [1.82, 2.24) is 19.4 Å². The van der Waals surface area contributed by atoms with Gasteiger partial charge in [0.1, 0.15) is 0 Å². The lowest BCUT2D eigenvalue weighted by Gasteiger charge is -2.11. The molecular formula is C17H20N4O5S. The first kappa shape index (κ1) is 17.9. The standard InChI is InChI=1S/C17H20N4O5S/c1-3-10(2)20-27(23,24)12-6-7-13-14(8-12)25-17(22)21(13)9-15-18-16(26-19-15)11-4-5-11/h6-8,10-11,20H,3-5,9H2,1-2H3/t10-/m1/s1. The van der Waals surface area contributed by atoms with E-state index in [0.29, 0.717) is 29.6 Å². The first-order chi connectivity index (χ1) is 12.9. The van der Waals surface area contributed by atoms with Crippen LogP contribution in [0.1, 0.15) is 50.7 Å². The van der Waals surface area contributed by atoms with Crippen LogP contribution in [-0.4, -0.2) is 29.2 Å². The highest BCUT2D eigenvalue weighted by molar-refractivity contribution is 7.89. The van der Waals surface area contributed by atoms with Crippen LogP contribution in [0.4, 0.5) is 0 Å². The molecule has 0 amide bonds. The van der Waals surface area contributed by atoms with Crippen LogP contribution in [0.2, 0.25) is 0 Å². The zero-order valence-corrected chi connectivity index (χ0v) is 15.8. The molecule has 9 nitrogen and oxygen atoms in total. The maximum absolute atomic E-state index is 12.4. The molecule has 2 heterocycles. The maximum atomic E-state index is 12.4. The Labute approximate surface area is 155 Å². The van der Waals surface area contributed by atoms with Crippen LogP contribution in [0.5, 0.6) is 0 Å². The molecule has 4 rings (SSSR count).